The fourth-order valence-electron chi connectivity index (χ4n) is 4.43. The summed E-state index contributed by atoms with van der Waals surface area (Å²) in [7, 11) is 0. The number of aliphatic hydroxyl groups is 2. The summed E-state index contributed by atoms with van der Waals surface area (Å²) in [6.45, 7) is 3.85. The number of benzene rings is 1. The Labute approximate surface area is 177 Å². The molecule has 162 valence electrons. The van der Waals surface area contributed by atoms with Crippen molar-refractivity contribution in [1.82, 2.24) is 15.1 Å². The number of halogens is 1. The molecular formula is C20H30ClN3O5. The first-order chi connectivity index (χ1) is 13.7. The number of nitrogens with one attached hydrogen (secondary N) is 1. The van der Waals surface area contributed by atoms with Gasteiger partial charge in [-0.2, -0.15) is 0 Å². The number of hydrogen-bond acceptors (Lipinski definition) is 6. The lowest BCUT2D eigenvalue weighted by Gasteiger charge is -2.37. The lowest BCUT2D eigenvalue weighted by molar-refractivity contribution is -0.0211. The highest BCUT2D eigenvalue weighted by molar-refractivity contribution is 5.85. The van der Waals surface area contributed by atoms with Gasteiger partial charge in [-0.3, -0.25) is 4.90 Å². The molecule has 29 heavy (non-hydrogen) atoms. The van der Waals surface area contributed by atoms with Crippen LogP contribution in [0.3, 0.4) is 0 Å². The molecule has 0 saturated carbocycles. The average molecular weight is 428 g/mol. The number of fused-ring (bicyclic) bond motifs is 1. The van der Waals surface area contributed by atoms with Gasteiger partial charge in [-0.15, -0.1) is 12.4 Å². The van der Waals surface area contributed by atoms with Crippen molar-refractivity contribution in [2.24, 2.45) is 0 Å². The maximum Gasteiger partial charge on any atom is 0.317 e. The zero-order valence-electron chi connectivity index (χ0n) is 16.4. The number of ether oxygens (including phenoxy) is 2. The Kier molecular flexibility index (Phi) is 7.72. The summed E-state index contributed by atoms with van der Waals surface area (Å²) < 4.78 is 11.2. The fraction of sp³-hybridized carbons (Fsp3) is 0.650. The number of carbonyl (C=O) groups excluding carboxylic acids is 1. The van der Waals surface area contributed by atoms with Crippen molar-refractivity contribution < 1.29 is 24.5 Å². The molecular weight excluding hydrogens is 398 g/mol. The van der Waals surface area contributed by atoms with Gasteiger partial charge in [0.2, 0.25) is 0 Å². The third kappa shape index (κ3) is 4.84. The Bertz CT molecular complexity index is 688. The van der Waals surface area contributed by atoms with Gasteiger partial charge in [0.1, 0.15) is 12.2 Å². The molecule has 0 aliphatic carbocycles. The van der Waals surface area contributed by atoms with E-state index in [1.54, 1.807) is 4.90 Å². The van der Waals surface area contributed by atoms with Crippen LogP contribution in [-0.4, -0.2) is 96.4 Å². The van der Waals surface area contributed by atoms with Crippen molar-refractivity contribution in [2.45, 2.75) is 37.3 Å². The van der Waals surface area contributed by atoms with Gasteiger partial charge in [0, 0.05) is 32.7 Å². The van der Waals surface area contributed by atoms with E-state index in [-0.39, 0.29) is 37.2 Å². The number of carbonyl (C=O) groups is 1. The van der Waals surface area contributed by atoms with Crippen LogP contribution in [0.1, 0.15) is 11.1 Å². The van der Waals surface area contributed by atoms with Gasteiger partial charge in [0.15, 0.2) is 0 Å². The molecule has 2 fully saturated rings. The van der Waals surface area contributed by atoms with Gasteiger partial charge >= 0.3 is 6.03 Å². The average Bonchev–Trinajstić information content (AvgIpc) is 3.07. The maximum atomic E-state index is 12.4. The van der Waals surface area contributed by atoms with E-state index in [9.17, 15) is 15.0 Å². The summed E-state index contributed by atoms with van der Waals surface area (Å²) in [5.41, 5.74) is 2.59. The van der Waals surface area contributed by atoms with E-state index in [2.05, 4.69) is 22.3 Å². The number of rotatable bonds is 4. The number of aliphatic hydroxyl groups excluding tert-OH is 2. The zero-order valence-corrected chi connectivity index (χ0v) is 17.2. The molecule has 3 aliphatic heterocycles. The second-order valence-corrected chi connectivity index (χ2v) is 7.65. The molecule has 0 unspecified atom stereocenters. The van der Waals surface area contributed by atoms with E-state index in [1.807, 2.05) is 12.1 Å². The Hall–Kier alpha value is -1.42. The van der Waals surface area contributed by atoms with Crippen LogP contribution in [0.15, 0.2) is 24.3 Å². The van der Waals surface area contributed by atoms with Crippen LogP contribution < -0.4 is 5.32 Å². The van der Waals surface area contributed by atoms with Gasteiger partial charge in [0.25, 0.3) is 0 Å². The zero-order chi connectivity index (χ0) is 19.5. The third-order valence-corrected chi connectivity index (χ3v) is 5.98. The lowest BCUT2D eigenvalue weighted by atomic mass is 9.95. The molecule has 3 N–H and O–H groups in total. The molecule has 3 aliphatic rings. The largest absolute Gasteiger partial charge is 0.394 e. The summed E-state index contributed by atoms with van der Waals surface area (Å²) in [5.74, 6) is 0. The molecule has 0 bridgehead atoms. The van der Waals surface area contributed by atoms with Crippen LogP contribution >= 0.6 is 12.4 Å². The maximum absolute atomic E-state index is 12.4. The molecule has 3 heterocycles. The minimum atomic E-state index is -0.791. The Morgan fingerprint density at radius 2 is 1.86 bits per heavy atom. The number of nitrogens with zero attached hydrogens (tertiary/aromatic N) is 2. The van der Waals surface area contributed by atoms with E-state index >= 15 is 0 Å². The van der Waals surface area contributed by atoms with Gasteiger partial charge in [-0.05, 0) is 17.5 Å². The van der Waals surface area contributed by atoms with Crippen LogP contribution in [-0.2, 0) is 22.4 Å². The lowest BCUT2D eigenvalue weighted by Crippen LogP contribution is -2.54. The van der Waals surface area contributed by atoms with Gasteiger partial charge in [0.05, 0.1) is 32.0 Å². The number of morpholine rings is 1. The van der Waals surface area contributed by atoms with Crippen LogP contribution in [0.2, 0.25) is 0 Å². The molecule has 0 aromatic heterocycles. The number of urea groups is 1. The van der Waals surface area contributed by atoms with Crippen LogP contribution in [0, 0.1) is 0 Å². The van der Waals surface area contributed by atoms with Crippen molar-refractivity contribution in [2.75, 3.05) is 46.0 Å². The van der Waals surface area contributed by atoms with Crippen molar-refractivity contribution in [3.05, 3.63) is 35.4 Å². The Morgan fingerprint density at radius 3 is 2.59 bits per heavy atom. The predicted molar refractivity (Wildman–Crippen MR) is 109 cm³/mol. The van der Waals surface area contributed by atoms with Crippen molar-refractivity contribution >= 4 is 18.4 Å². The molecule has 4 atom stereocenters. The molecule has 1 aromatic rings. The molecule has 1 aromatic carbocycles. The fourth-order valence-corrected chi connectivity index (χ4v) is 4.43. The summed E-state index contributed by atoms with van der Waals surface area (Å²) in [4.78, 5) is 16.4. The molecule has 0 radical (unpaired) electrons. The molecule has 2 saturated heterocycles. The second-order valence-electron chi connectivity index (χ2n) is 7.65. The van der Waals surface area contributed by atoms with Crippen LogP contribution in [0.5, 0.6) is 0 Å². The van der Waals surface area contributed by atoms with E-state index < -0.39 is 12.2 Å². The normalized spacial score (nSPS) is 29.8. The third-order valence-electron chi connectivity index (χ3n) is 5.98. The summed E-state index contributed by atoms with van der Waals surface area (Å²) in [6, 6.07) is 7.92. The number of hydrogen-bond donors (Lipinski definition) is 3. The van der Waals surface area contributed by atoms with Gasteiger partial charge < -0.3 is 29.9 Å². The van der Waals surface area contributed by atoms with E-state index in [0.29, 0.717) is 32.8 Å². The van der Waals surface area contributed by atoms with E-state index in [4.69, 9.17) is 9.47 Å². The topological polar surface area (TPSA) is 94.5 Å². The quantitative estimate of drug-likeness (QED) is 0.626. The van der Waals surface area contributed by atoms with E-state index in [0.717, 1.165) is 19.5 Å². The first-order valence-corrected chi connectivity index (χ1v) is 10.0. The highest BCUT2D eigenvalue weighted by atomic mass is 35.5. The minimum absolute atomic E-state index is 0. The first kappa shape index (κ1) is 22.3. The molecule has 4 rings (SSSR count). The SMILES string of the molecule is Cl.O=C(NC[C@H]1O[C@@H](CO)[C@@H](O)[C@H]1N1CCc2ccccc2C1)N1CCOCC1. The Morgan fingerprint density at radius 1 is 1.14 bits per heavy atom. The molecule has 8 nitrogen and oxygen atoms in total. The van der Waals surface area contributed by atoms with Crippen molar-refractivity contribution in [3.8, 4) is 0 Å². The van der Waals surface area contributed by atoms with Crippen LogP contribution in [0.25, 0.3) is 0 Å². The minimum Gasteiger partial charge on any atom is -0.394 e. The monoisotopic (exact) mass is 427 g/mol. The second kappa shape index (κ2) is 10.1. The smallest absolute Gasteiger partial charge is 0.317 e. The predicted octanol–water partition coefficient (Wildman–Crippen LogP) is -0.00250. The van der Waals surface area contributed by atoms with Gasteiger partial charge in [-0.1, -0.05) is 24.3 Å². The summed E-state index contributed by atoms with van der Waals surface area (Å²) in [6.07, 6.45) is -0.883. The highest BCUT2D eigenvalue weighted by Gasteiger charge is 2.46. The molecule has 0 spiro atoms. The Balaban J connectivity index is 0.00000240. The highest BCUT2D eigenvalue weighted by Crippen LogP contribution is 2.30. The van der Waals surface area contributed by atoms with E-state index in [1.165, 1.54) is 11.1 Å². The summed E-state index contributed by atoms with van der Waals surface area (Å²) >= 11 is 0. The number of amides is 2. The molecule has 2 amide bonds. The summed E-state index contributed by atoms with van der Waals surface area (Å²) in [5, 5.41) is 23.3. The first-order valence-electron chi connectivity index (χ1n) is 10.0. The van der Waals surface area contributed by atoms with Gasteiger partial charge in [-0.25, -0.2) is 4.79 Å². The standard InChI is InChI=1S/C20H29N3O5.ClH/c24-13-17-19(25)18(23-6-5-14-3-1-2-4-15(14)12-23)16(28-17)11-21-20(26)22-7-9-27-10-8-22;/h1-4,16-19,24-25H,5-13H2,(H,21,26);1H/t16-,17+,18+,19-;/m1./s1. The van der Waals surface area contributed by atoms with Crippen molar-refractivity contribution in [1.29, 1.82) is 0 Å². The van der Waals surface area contributed by atoms with Crippen LogP contribution in [0.4, 0.5) is 4.79 Å². The van der Waals surface area contributed by atoms with Crippen molar-refractivity contribution in [3.63, 3.8) is 0 Å². The molecule has 9 heteroatoms.